The van der Waals surface area contributed by atoms with Crippen molar-refractivity contribution in [2.45, 2.75) is 6.92 Å². The maximum Gasteiger partial charge on any atom is 0.276 e. The van der Waals surface area contributed by atoms with Gasteiger partial charge in [-0.1, -0.05) is 0 Å². The second-order valence-electron chi connectivity index (χ2n) is 4.97. The van der Waals surface area contributed by atoms with Gasteiger partial charge in [0.2, 0.25) is 0 Å². The van der Waals surface area contributed by atoms with Crippen molar-refractivity contribution in [1.82, 2.24) is 10.2 Å². The number of fused-ring (bicyclic) bond motifs is 1. The molecule has 3 rings (SSSR count). The lowest BCUT2D eigenvalue weighted by Gasteiger charge is -2.07. The van der Waals surface area contributed by atoms with E-state index < -0.39 is 10.8 Å². The average Bonchev–Trinajstić information content (AvgIpc) is 2.93. The number of hydrogen-bond acceptors (Lipinski definition) is 4. The van der Waals surface area contributed by atoms with Gasteiger partial charge < -0.3 is 5.32 Å². The molecule has 1 heterocycles. The topological polar surface area (TPSA) is 101 Å². The highest BCUT2D eigenvalue weighted by Gasteiger charge is 2.18. The summed E-state index contributed by atoms with van der Waals surface area (Å²) in [4.78, 5) is 22.8. The largest absolute Gasteiger partial charge is 0.320 e. The van der Waals surface area contributed by atoms with Crippen molar-refractivity contribution >= 4 is 50.8 Å². The summed E-state index contributed by atoms with van der Waals surface area (Å²) in [5, 5.41) is 20.8. The second-order valence-corrected chi connectivity index (χ2v) is 6.22. The first-order chi connectivity index (χ1) is 11.0. The predicted molar refractivity (Wildman–Crippen MR) is 94.6 cm³/mol. The zero-order valence-electron chi connectivity index (χ0n) is 12.0. The van der Waals surface area contributed by atoms with Crippen LogP contribution >= 0.6 is 22.6 Å². The number of non-ortho nitro benzene ring substituents is 1. The zero-order chi connectivity index (χ0) is 16.6. The fraction of sp³-hybridized carbons (Fsp3) is 0.0667. The SMILES string of the molecule is Cc1cc(I)ccc1NC(=O)c1n[nH]c2ccc([N+](=O)[O-])cc12. The Hall–Kier alpha value is -2.49. The van der Waals surface area contributed by atoms with Crippen LogP contribution in [0, 0.1) is 20.6 Å². The summed E-state index contributed by atoms with van der Waals surface area (Å²) < 4.78 is 1.07. The molecule has 0 aliphatic carbocycles. The molecule has 0 aliphatic heterocycles. The molecule has 0 spiro atoms. The normalized spacial score (nSPS) is 10.7. The van der Waals surface area contributed by atoms with Crippen LogP contribution in [0.3, 0.4) is 0 Å². The summed E-state index contributed by atoms with van der Waals surface area (Å²) in [5.74, 6) is -0.416. The van der Waals surface area contributed by atoms with Crippen molar-refractivity contribution in [3.05, 3.63) is 61.3 Å². The van der Waals surface area contributed by atoms with Gasteiger partial charge in [0.1, 0.15) is 0 Å². The van der Waals surface area contributed by atoms with Gasteiger partial charge in [-0.15, -0.1) is 0 Å². The molecule has 0 atom stereocenters. The van der Waals surface area contributed by atoms with Crippen LogP contribution in [0.4, 0.5) is 11.4 Å². The van der Waals surface area contributed by atoms with E-state index >= 15 is 0 Å². The number of carbonyl (C=O) groups is 1. The smallest absolute Gasteiger partial charge is 0.276 e. The van der Waals surface area contributed by atoms with Gasteiger partial charge in [0.05, 0.1) is 10.4 Å². The summed E-state index contributed by atoms with van der Waals surface area (Å²) in [7, 11) is 0. The Balaban J connectivity index is 1.97. The van der Waals surface area contributed by atoms with Crippen LogP contribution in [-0.2, 0) is 0 Å². The van der Waals surface area contributed by atoms with E-state index in [0.717, 1.165) is 9.13 Å². The van der Waals surface area contributed by atoms with Crippen LogP contribution < -0.4 is 5.32 Å². The molecule has 1 amide bonds. The van der Waals surface area contributed by atoms with Gasteiger partial charge >= 0.3 is 0 Å². The van der Waals surface area contributed by atoms with E-state index in [1.165, 1.54) is 18.2 Å². The molecule has 1 aromatic heterocycles. The van der Waals surface area contributed by atoms with Gasteiger partial charge in [-0.05, 0) is 59.3 Å². The van der Waals surface area contributed by atoms with E-state index in [0.29, 0.717) is 16.6 Å². The molecular weight excluding hydrogens is 411 g/mol. The molecule has 3 aromatic rings. The number of anilines is 1. The van der Waals surface area contributed by atoms with Crippen LogP contribution in [0.5, 0.6) is 0 Å². The van der Waals surface area contributed by atoms with Crippen LogP contribution in [0.15, 0.2) is 36.4 Å². The second kappa shape index (κ2) is 5.95. The highest BCUT2D eigenvalue weighted by atomic mass is 127. The standard InChI is InChI=1S/C15H11IN4O3/c1-8-6-9(16)2-4-12(8)17-15(21)14-11-7-10(20(22)23)3-5-13(11)18-19-14/h2-7H,1H3,(H,17,21)(H,18,19). The Bertz CT molecular complexity index is 936. The predicted octanol–water partition coefficient (Wildman–Crippen LogP) is 3.64. The Morgan fingerprint density at radius 3 is 2.78 bits per heavy atom. The maximum atomic E-state index is 12.4. The Morgan fingerprint density at radius 1 is 1.30 bits per heavy atom. The molecular formula is C15H11IN4O3. The molecule has 2 aromatic carbocycles. The van der Waals surface area contributed by atoms with Gasteiger partial charge in [0, 0.05) is 26.8 Å². The summed E-state index contributed by atoms with van der Waals surface area (Å²) in [5.41, 5.74) is 2.22. The Morgan fingerprint density at radius 2 is 2.09 bits per heavy atom. The molecule has 8 heteroatoms. The van der Waals surface area contributed by atoms with Crippen molar-refractivity contribution in [3.8, 4) is 0 Å². The molecule has 7 nitrogen and oxygen atoms in total. The fourth-order valence-corrected chi connectivity index (χ4v) is 2.88. The van der Waals surface area contributed by atoms with Crippen molar-refractivity contribution in [2.24, 2.45) is 0 Å². The molecule has 23 heavy (non-hydrogen) atoms. The highest BCUT2D eigenvalue weighted by Crippen LogP contribution is 2.24. The van der Waals surface area contributed by atoms with Crippen LogP contribution in [0.2, 0.25) is 0 Å². The summed E-state index contributed by atoms with van der Waals surface area (Å²) in [6, 6.07) is 9.89. The number of amides is 1. The molecule has 0 radical (unpaired) electrons. The first-order valence-electron chi connectivity index (χ1n) is 6.66. The molecule has 116 valence electrons. The average molecular weight is 422 g/mol. The number of aryl methyl sites for hydroxylation is 1. The Labute approximate surface area is 144 Å². The number of halogens is 1. The van der Waals surface area contributed by atoms with Crippen LogP contribution in [0.1, 0.15) is 16.1 Å². The molecule has 0 aliphatic rings. The summed E-state index contributed by atoms with van der Waals surface area (Å²) in [6.45, 7) is 1.89. The van der Waals surface area contributed by atoms with Crippen molar-refractivity contribution in [1.29, 1.82) is 0 Å². The lowest BCUT2D eigenvalue weighted by Crippen LogP contribution is -2.13. The quantitative estimate of drug-likeness (QED) is 0.382. The molecule has 0 fully saturated rings. The number of nitro benzene ring substituents is 1. The number of aromatic nitrogens is 2. The molecule has 2 N–H and O–H groups in total. The van der Waals surface area contributed by atoms with Gasteiger partial charge in [0.25, 0.3) is 11.6 Å². The third-order valence-electron chi connectivity index (χ3n) is 3.41. The summed E-state index contributed by atoms with van der Waals surface area (Å²) in [6.07, 6.45) is 0. The monoisotopic (exact) mass is 422 g/mol. The number of nitrogens with zero attached hydrogens (tertiary/aromatic N) is 2. The van der Waals surface area contributed by atoms with Gasteiger partial charge in [0.15, 0.2) is 5.69 Å². The van der Waals surface area contributed by atoms with E-state index in [4.69, 9.17) is 0 Å². The first kappa shape index (κ1) is 15.4. The number of nitro groups is 1. The lowest BCUT2D eigenvalue weighted by molar-refractivity contribution is -0.384. The number of nitrogens with one attached hydrogen (secondary N) is 2. The number of rotatable bonds is 3. The third-order valence-corrected chi connectivity index (χ3v) is 4.08. The van der Waals surface area contributed by atoms with Gasteiger partial charge in [-0.2, -0.15) is 5.10 Å². The van der Waals surface area contributed by atoms with Gasteiger partial charge in [-0.25, -0.2) is 0 Å². The lowest BCUT2D eigenvalue weighted by atomic mass is 10.1. The van der Waals surface area contributed by atoms with E-state index in [-0.39, 0.29) is 11.4 Å². The minimum atomic E-state index is -0.503. The van der Waals surface area contributed by atoms with E-state index in [2.05, 4.69) is 38.1 Å². The van der Waals surface area contributed by atoms with E-state index in [1.54, 1.807) is 0 Å². The number of hydrogen-bond donors (Lipinski definition) is 2. The van der Waals surface area contributed by atoms with Crippen molar-refractivity contribution < 1.29 is 9.72 Å². The minimum Gasteiger partial charge on any atom is -0.320 e. The summed E-state index contributed by atoms with van der Waals surface area (Å²) >= 11 is 2.19. The van der Waals surface area contributed by atoms with Crippen LogP contribution in [0.25, 0.3) is 10.9 Å². The zero-order valence-corrected chi connectivity index (χ0v) is 14.1. The molecule has 0 saturated carbocycles. The van der Waals surface area contributed by atoms with Crippen LogP contribution in [-0.4, -0.2) is 21.0 Å². The number of H-pyrrole nitrogens is 1. The fourth-order valence-electron chi connectivity index (χ4n) is 2.24. The maximum absolute atomic E-state index is 12.4. The van der Waals surface area contributed by atoms with Gasteiger partial charge in [-0.3, -0.25) is 20.0 Å². The van der Waals surface area contributed by atoms with Crippen molar-refractivity contribution in [3.63, 3.8) is 0 Å². The number of aromatic amines is 1. The Kier molecular flexibility index (Phi) is 3.99. The third kappa shape index (κ3) is 3.02. The molecule has 0 bridgehead atoms. The van der Waals surface area contributed by atoms with Crippen molar-refractivity contribution in [2.75, 3.05) is 5.32 Å². The minimum absolute atomic E-state index is 0.0848. The molecule has 0 unspecified atom stereocenters. The highest BCUT2D eigenvalue weighted by molar-refractivity contribution is 14.1. The molecule has 0 saturated heterocycles. The first-order valence-corrected chi connectivity index (χ1v) is 7.73. The number of carbonyl (C=O) groups excluding carboxylic acids is 1. The van der Waals surface area contributed by atoms with E-state index in [1.807, 2.05) is 25.1 Å². The number of benzene rings is 2. The van der Waals surface area contributed by atoms with E-state index in [9.17, 15) is 14.9 Å².